The molecule has 0 N–H and O–H groups in total. The molecule has 0 aliphatic heterocycles. The first-order valence-electron chi connectivity index (χ1n) is 3.73. The van der Waals surface area contributed by atoms with Gasteiger partial charge in [0.15, 0.2) is 0 Å². The highest BCUT2D eigenvalue weighted by molar-refractivity contribution is 7.25. The molecule has 0 aromatic carbocycles. The minimum atomic E-state index is -0.640. The molecular weight excluding hydrogens is 143 g/mol. The average molecular weight is 162 g/mol. The van der Waals surface area contributed by atoms with Crippen molar-refractivity contribution in [3.8, 4) is 0 Å². The van der Waals surface area contributed by atoms with E-state index in [2.05, 4.69) is 34.6 Å². The summed E-state index contributed by atoms with van der Waals surface area (Å²) in [4.78, 5) is 0. The Bertz CT molecular complexity index is 122. The molecule has 0 heterocycles. The maximum absolute atomic E-state index is 10.7. The fraction of sp³-hybridized carbons (Fsp3) is 1.00. The summed E-state index contributed by atoms with van der Waals surface area (Å²) < 4.78 is 10.7. The summed E-state index contributed by atoms with van der Waals surface area (Å²) in [5.41, 5.74) is 0.306. The van der Waals surface area contributed by atoms with Gasteiger partial charge in [0.1, 0.15) is 0 Å². The average Bonchev–Trinajstić information content (AvgIpc) is 1.60. The second-order valence-electron chi connectivity index (χ2n) is 4.84. The van der Waals surface area contributed by atoms with Gasteiger partial charge in [0.25, 0.3) is 0 Å². The van der Waals surface area contributed by atoms with Crippen molar-refractivity contribution in [3.63, 3.8) is 0 Å². The molecule has 0 saturated carbocycles. The van der Waals surface area contributed by atoms with Crippen LogP contribution < -0.4 is 0 Å². The van der Waals surface area contributed by atoms with E-state index >= 15 is 0 Å². The van der Waals surface area contributed by atoms with Gasteiger partial charge >= 0.3 is 0 Å². The van der Waals surface area contributed by atoms with Crippen LogP contribution in [0.4, 0.5) is 0 Å². The third-order valence-electron chi connectivity index (χ3n) is 1.30. The van der Waals surface area contributed by atoms with E-state index in [9.17, 15) is 4.57 Å². The van der Waals surface area contributed by atoms with Crippen LogP contribution in [0.25, 0.3) is 0 Å². The zero-order chi connectivity index (χ0) is 8.41. The Morgan fingerprint density at radius 1 is 1.10 bits per heavy atom. The van der Waals surface area contributed by atoms with Gasteiger partial charge in [-0.2, -0.15) is 0 Å². The molecular formula is C8H19OP. The van der Waals surface area contributed by atoms with Crippen LogP contribution in [0.3, 0.4) is 0 Å². The monoisotopic (exact) mass is 162 g/mol. The Morgan fingerprint density at radius 3 is 1.60 bits per heavy atom. The summed E-state index contributed by atoms with van der Waals surface area (Å²) in [7, 11) is -0.640. The van der Waals surface area contributed by atoms with Crippen molar-refractivity contribution in [2.45, 2.75) is 46.2 Å². The topological polar surface area (TPSA) is 17.1 Å². The van der Waals surface area contributed by atoms with Crippen molar-refractivity contribution in [3.05, 3.63) is 0 Å². The van der Waals surface area contributed by atoms with Crippen LogP contribution in [0, 0.1) is 5.41 Å². The zero-order valence-corrected chi connectivity index (χ0v) is 8.85. The van der Waals surface area contributed by atoms with Gasteiger partial charge in [0.2, 0.25) is 0 Å². The van der Waals surface area contributed by atoms with Gasteiger partial charge < -0.3 is 4.57 Å². The number of hydrogen-bond donors (Lipinski definition) is 0. The van der Waals surface area contributed by atoms with E-state index in [-0.39, 0.29) is 5.16 Å². The summed E-state index contributed by atoms with van der Waals surface area (Å²) in [6.45, 7) is 10.7. The molecule has 0 aromatic heterocycles. The standard InChI is InChI=1S/C8H19OP/c1-7(2,3)6-8(4,5)10-9/h6,10H2,1-5H3. The Morgan fingerprint density at radius 2 is 1.50 bits per heavy atom. The largest absolute Gasteiger partial charge is 0.330 e. The number of hydrogen-bond acceptors (Lipinski definition) is 1. The maximum Gasteiger partial charge on any atom is 0.0698 e. The molecule has 0 radical (unpaired) electrons. The van der Waals surface area contributed by atoms with Crippen molar-refractivity contribution >= 4 is 8.46 Å². The molecule has 0 fully saturated rings. The minimum Gasteiger partial charge on any atom is -0.330 e. The fourth-order valence-corrected chi connectivity index (χ4v) is 2.10. The van der Waals surface area contributed by atoms with E-state index < -0.39 is 8.46 Å². The van der Waals surface area contributed by atoms with Crippen molar-refractivity contribution in [1.29, 1.82) is 0 Å². The van der Waals surface area contributed by atoms with Crippen LogP contribution in [-0.4, -0.2) is 5.16 Å². The molecule has 10 heavy (non-hydrogen) atoms. The van der Waals surface area contributed by atoms with Crippen molar-refractivity contribution < 1.29 is 4.57 Å². The van der Waals surface area contributed by atoms with E-state index in [1.807, 2.05) is 0 Å². The van der Waals surface area contributed by atoms with E-state index in [1.54, 1.807) is 0 Å². The van der Waals surface area contributed by atoms with Crippen molar-refractivity contribution in [1.82, 2.24) is 0 Å². The summed E-state index contributed by atoms with van der Waals surface area (Å²) in [5, 5.41) is 0.0538. The molecule has 0 bridgehead atoms. The maximum atomic E-state index is 10.7. The molecule has 0 aliphatic rings. The third-order valence-corrected chi connectivity index (χ3v) is 2.15. The lowest BCUT2D eigenvalue weighted by molar-refractivity contribution is 0.334. The quantitative estimate of drug-likeness (QED) is 0.570. The Balaban J connectivity index is 4.01. The Hall–Kier alpha value is 0.230. The van der Waals surface area contributed by atoms with Crippen LogP contribution in [0.15, 0.2) is 0 Å². The van der Waals surface area contributed by atoms with Crippen LogP contribution in [0.1, 0.15) is 41.0 Å². The van der Waals surface area contributed by atoms with Crippen molar-refractivity contribution in [2.24, 2.45) is 5.41 Å². The second-order valence-corrected chi connectivity index (χ2v) is 6.64. The summed E-state index contributed by atoms with van der Waals surface area (Å²) in [5.74, 6) is 0. The van der Waals surface area contributed by atoms with Crippen LogP contribution in [0.2, 0.25) is 0 Å². The van der Waals surface area contributed by atoms with E-state index in [0.29, 0.717) is 5.41 Å². The SMILES string of the molecule is CC(C)(C)CC(C)(C)[PH2]=O. The van der Waals surface area contributed by atoms with Gasteiger partial charge in [-0.15, -0.1) is 0 Å². The highest BCUT2D eigenvalue weighted by Crippen LogP contribution is 2.35. The first kappa shape index (κ1) is 10.2. The predicted molar refractivity (Wildman–Crippen MR) is 48.5 cm³/mol. The first-order valence-corrected chi connectivity index (χ1v) is 4.78. The van der Waals surface area contributed by atoms with Gasteiger partial charge in [-0.1, -0.05) is 34.6 Å². The molecule has 2 heteroatoms. The molecule has 0 rings (SSSR count). The molecule has 0 aromatic rings. The fourth-order valence-electron chi connectivity index (χ4n) is 1.41. The summed E-state index contributed by atoms with van der Waals surface area (Å²) in [6, 6.07) is 0. The lowest BCUT2D eigenvalue weighted by Gasteiger charge is -2.27. The third kappa shape index (κ3) is 5.05. The van der Waals surface area contributed by atoms with Gasteiger partial charge in [-0.05, 0) is 11.8 Å². The van der Waals surface area contributed by atoms with Crippen LogP contribution in [-0.2, 0) is 4.57 Å². The Labute approximate surface area is 65.4 Å². The number of rotatable bonds is 2. The van der Waals surface area contributed by atoms with E-state index in [0.717, 1.165) is 6.42 Å². The lowest BCUT2D eigenvalue weighted by Crippen LogP contribution is -2.20. The van der Waals surface area contributed by atoms with Gasteiger partial charge in [-0.25, -0.2) is 0 Å². The van der Waals surface area contributed by atoms with E-state index in [1.165, 1.54) is 0 Å². The lowest BCUT2D eigenvalue weighted by atomic mass is 9.86. The van der Waals surface area contributed by atoms with Gasteiger partial charge in [0.05, 0.1) is 8.46 Å². The molecule has 0 aliphatic carbocycles. The molecule has 1 nitrogen and oxygen atoms in total. The summed E-state index contributed by atoms with van der Waals surface area (Å²) in [6.07, 6.45) is 1.04. The van der Waals surface area contributed by atoms with Crippen LogP contribution >= 0.6 is 8.46 Å². The normalized spacial score (nSPS) is 14.9. The highest BCUT2D eigenvalue weighted by Gasteiger charge is 2.23. The molecule has 0 spiro atoms. The molecule has 0 saturated heterocycles. The molecule has 62 valence electrons. The smallest absolute Gasteiger partial charge is 0.0698 e. The minimum absolute atomic E-state index is 0.0538. The molecule has 1 atom stereocenters. The van der Waals surface area contributed by atoms with Crippen LogP contribution in [0.5, 0.6) is 0 Å². The molecule has 0 amide bonds. The summed E-state index contributed by atoms with van der Waals surface area (Å²) >= 11 is 0. The predicted octanol–water partition coefficient (Wildman–Crippen LogP) is 2.96. The zero-order valence-electron chi connectivity index (χ0n) is 7.69. The van der Waals surface area contributed by atoms with E-state index in [4.69, 9.17) is 0 Å². The Kier molecular flexibility index (Phi) is 3.16. The second kappa shape index (κ2) is 3.09. The van der Waals surface area contributed by atoms with Crippen molar-refractivity contribution in [2.75, 3.05) is 0 Å². The van der Waals surface area contributed by atoms with Gasteiger partial charge in [-0.3, -0.25) is 0 Å². The highest BCUT2D eigenvalue weighted by atomic mass is 31.1. The first-order chi connectivity index (χ1) is 4.27. The van der Waals surface area contributed by atoms with Gasteiger partial charge in [0, 0.05) is 5.16 Å². The molecule has 1 unspecified atom stereocenters.